The lowest BCUT2D eigenvalue weighted by Gasteiger charge is -2.35. The zero-order valence-corrected chi connectivity index (χ0v) is 12.6. The SMILES string of the molecule is CCCc1n[nH]c(=S)n1C1CCCCC1C(C)C. The van der Waals surface area contributed by atoms with Gasteiger partial charge in [0, 0.05) is 12.5 Å². The lowest BCUT2D eigenvalue weighted by molar-refractivity contribution is 0.179. The molecule has 0 saturated heterocycles. The van der Waals surface area contributed by atoms with Gasteiger partial charge in [0.25, 0.3) is 0 Å². The number of H-pyrrole nitrogens is 1. The molecule has 2 atom stereocenters. The van der Waals surface area contributed by atoms with Gasteiger partial charge in [-0.05, 0) is 43.3 Å². The number of hydrogen-bond acceptors (Lipinski definition) is 2. The van der Waals surface area contributed by atoms with Gasteiger partial charge in [-0.3, -0.25) is 5.10 Å². The first-order valence-electron chi connectivity index (χ1n) is 7.31. The Labute approximate surface area is 115 Å². The summed E-state index contributed by atoms with van der Waals surface area (Å²) in [4.78, 5) is 0. The predicted octanol–water partition coefficient (Wildman–Crippen LogP) is 4.28. The van der Waals surface area contributed by atoms with E-state index in [9.17, 15) is 0 Å². The van der Waals surface area contributed by atoms with E-state index in [-0.39, 0.29) is 0 Å². The third-order valence-electron chi connectivity index (χ3n) is 4.22. The van der Waals surface area contributed by atoms with Gasteiger partial charge in [0.15, 0.2) is 4.77 Å². The summed E-state index contributed by atoms with van der Waals surface area (Å²) in [5, 5.41) is 7.41. The van der Waals surface area contributed by atoms with Crippen molar-refractivity contribution < 1.29 is 0 Å². The van der Waals surface area contributed by atoms with Crippen molar-refractivity contribution in [3.05, 3.63) is 10.6 Å². The second kappa shape index (κ2) is 6.00. The molecule has 1 heterocycles. The minimum absolute atomic E-state index is 0.562. The van der Waals surface area contributed by atoms with Crippen molar-refractivity contribution in [1.82, 2.24) is 14.8 Å². The number of aromatic nitrogens is 3. The zero-order chi connectivity index (χ0) is 13.1. The topological polar surface area (TPSA) is 33.6 Å². The van der Waals surface area contributed by atoms with Gasteiger partial charge < -0.3 is 4.57 Å². The van der Waals surface area contributed by atoms with Gasteiger partial charge in [0.2, 0.25) is 0 Å². The molecule has 0 aromatic carbocycles. The predicted molar refractivity (Wildman–Crippen MR) is 77.2 cm³/mol. The van der Waals surface area contributed by atoms with Gasteiger partial charge in [-0.2, -0.15) is 5.10 Å². The smallest absolute Gasteiger partial charge is 0.195 e. The first kappa shape index (κ1) is 13.8. The van der Waals surface area contributed by atoms with Crippen LogP contribution in [0.2, 0.25) is 0 Å². The highest BCUT2D eigenvalue weighted by Crippen LogP contribution is 2.39. The molecule has 1 aliphatic rings. The first-order valence-corrected chi connectivity index (χ1v) is 7.71. The highest BCUT2D eigenvalue weighted by Gasteiger charge is 2.30. The Morgan fingerprint density at radius 1 is 1.39 bits per heavy atom. The number of nitrogens with one attached hydrogen (secondary N) is 1. The maximum absolute atomic E-state index is 5.45. The standard InChI is InChI=1S/C14H25N3S/c1-4-7-13-15-16-14(18)17(13)12-9-6-5-8-11(12)10(2)3/h10-12H,4-9H2,1-3H3,(H,16,18). The van der Waals surface area contributed by atoms with Crippen LogP contribution < -0.4 is 0 Å². The molecular formula is C14H25N3S. The zero-order valence-electron chi connectivity index (χ0n) is 11.8. The number of rotatable bonds is 4. The molecule has 4 heteroatoms. The second-order valence-electron chi connectivity index (χ2n) is 5.82. The molecule has 102 valence electrons. The Morgan fingerprint density at radius 2 is 2.11 bits per heavy atom. The number of nitrogens with zero attached hydrogens (tertiary/aromatic N) is 2. The van der Waals surface area contributed by atoms with E-state index in [1.165, 1.54) is 25.7 Å². The number of aromatic amines is 1. The maximum Gasteiger partial charge on any atom is 0.195 e. The third kappa shape index (κ3) is 2.68. The van der Waals surface area contributed by atoms with Gasteiger partial charge in [-0.15, -0.1) is 0 Å². The van der Waals surface area contributed by atoms with Gasteiger partial charge in [-0.25, -0.2) is 0 Å². The fourth-order valence-electron chi connectivity index (χ4n) is 3.32. The van der Waals surface area contributed by atoms with E-state index in [1.807, 2.05) is 0 Å². The van der Waals surface area contributed by atoms with Crippen molar-refractivity contribution in [3.63, 3.8) is 0 Å². The first-order chi connectivity index (χ1) is 8.65. The molecular weight excluding hydrogens is 242 g/mol. The highest BCUT2D eigenvalue weighted by atomic mass is 32.1. The van der Waals surface area contributed by atoms with E-state index in [0.717, 1.165) is 35.3 Å². The van der Waals surface area contributed by atoms with E-state index in [0.29, 0.717) is 6.04 Å². The molecule has 3 nitrogen and oxygen atoms in total. The van der Waals surface area contributed by atoms with E-state index >= 15 is 0 Å². The fourth-order valence-corrected chi connectivity index (χ4v) is 3.60. The minimum atomic E-state index is 0.562. The average Bonchev–Trinajstić information content (AvgIpc) is 2.71. The Bertz CT molecular complexity index is 432. The quantitative estimate of drug-likeness (QED) is 0.826. The fraction of sp³-hybridized carbons (Fsp3) is 0.857. The van der Waals surface area contributed by atoms with Gasteiger partial charge in [-0.1, -0.05) is 33.6 Å². The Hall–Kier alpha value is -0.640. The molecule has 0 aliphatic heterocycles. The molecule has 0 bridgehead atoms. The van der Waals surface area contributed by atoms with Crippen LogP contribution in [0.15, 0.2) is 0 Å². The van der Waals surface area contributed by atoms with Crippen LogP contribution in [0.5, 0.6) is 0 Å². The highest BCUT2D eigenvalue weighted by molar-refractivity contribution is 7.71. The third-order valence-corrected chi connectivity index (χ3v) is 4.51. The Morgan fingerprint density at radius 3 is 2.78 bits per heavy atom. The van der Waals surface area contributed by atoms with Crippen molar-refractivity contribution in [3.8, 4) is 0 Å². The summed E-state index contributed by atoms with van der Waals surface area (Å²) in [6.45, 7) is 6.88. The molecule has 1 fully saturated rings. The molecule has 2 rings (SSSR count). The van der Waals surface area contributed by atoms with Crippen LogP contribution in [0.1, 0.15) is 64.7 Å². The molecule has 0 spiro atoms. The summed E-state index contributed by atoms with van der Waals surface area (Å²) >= 11 is 5.45. The largest absolute Gasteiger partial charge is 0.301 e. The molecule has 0 amide bonds. The summed E-state index contributed by atoms with van der Waals surface area (Å²) in [5.74, 6) is 2.63. The molecule has 2 unspecified atom stereocenters. The Kier molecular flexibility index (Phi) is 4.60. The molecule has 0 radical (unpaired) electrons. The summed E-state index contributed by atoms with van der Waals surface area (Å²) in [6.07, 6.45) is 7.43. The Balaban J connectivity index is 2.33. The van der Waals surface area contributed by atoms with E-state index in [4.69, 9.17) is 12.2 Å². The molecule has 1 saturated carbocycles. The van der Waals surface area contributed by atoms with Crippen LogP contribution in [-0.2, 0) is 6.42 Å². The lowest BCUT2D eigenvalue weighted by atomic mass is 9.77. The lowest BCUT2D eigenvalue weighted by Crippen LogP contribution is -2.28. The summed E-state index contributed by atoms with van der Waals surface area (Å²) in [7, 11) is 0. The maximum atomic E-state index is 5.45. The normalized spacial score (nSPS) is 24.7. The van der Waals surface area contributed by atoms with E-state index in [1.54, 1.807) is 0 Å². The van der Waals surface area contributed by atoms with Crippen molar-refractivity contribution in [1.29, 1.82) is 0 Å². The van der Waals surface area contributed by atoms with Crippen molar-refractivity contribution in [2.75, 3.05) is 0 Å². The summed E-state index contributed by atoms with van der Waals surface area (Å²) in [5.41, 5.74) is 0. The number of hydrogen-bond donors (Lipinski definition) is 1. The molecule has 1 aromatic heterocycles. The van der Waals surface area contributed by atoms with E-state index < -0.39 is 0 Å². The molecule has 1 aliphatic carbocycles. The summed E-state index contributed by atoms with van der Waals surface area (Å²) < 4.78 is 3.14. The van der Waals surface area contributed by atoms with Crippen LogP contribution in [0, 0.1) is 16.6 Å². The monoisotopic (exact) mass is 267 g/mol. The van der Waals surface area contributed by atoms with E-state index in [2.05, 4.69) is 35.5 Å². The van der Waals surface area contributed by atoms with Crippen LogP contribution in [0.4, 0.5) is 0 Å². The van der Waals surface area contributed by atoms with Crippen LogP contribution in [0.25, 0.3) is 0 Å². The van der Waals surface area contributed by atoms with Gasteiger partial charge >= 0.3 is 0 Å². The number of aryl methyl sites for hydroxylation is 1. The van der Waals surface area contributed by atoms with Crippen LogP contribution in [0.3, 0.4) is 0 Å². The van der Waals surface area contributed by atoms with Gasteiger partial charge in [0.1, 0.15) is 5.82 Å². The van der Waals surface area contributed by atoms with Crippen LogP contribution >= 0.6 is 12.2 Å². The van der Waals surface area contributed by atoms with Crippen molar-refractivity contribution in [2.45, 2.75) is 65.3 Å². The minimum Gasteiger partial charge on any atom is -0.301 e. The molecule has 18 heavy (non-hydrogen) atoms. The summed E-state index contributed by atoms with van der Waals surface area (Å²) in [6, 6.07) is 0.562. The van der Waals surface area contributed by atoms with Crippen LogP contribution in [-0.4, -0.2) is 14.8 Å². The molecule has 1 N–H and O–H groups in total. The second-order valence-corrected chi connectivity index (χ2v) is 6.21. The van der Waals surface area contributed by atoms with Crippen molar-refractivity contribution in [2.24, 2.45) is 11.8 Å². The van der Waals surface area contributed by atoms with Gasteiger partial charge in [0.05, 0.1) is 0 Å². The molecule has 1 aromatic rings. The van der Waals surface area contributed by atoms with Crippen molar-refractivity contribution >= 4 is 12.2 Å². The average molecular weight is 267 g/mol.